The van der Waals surface area contributed by atoms with Crippen LogP contribution in [0, 0.1) is 18.3 Å². The van der Waals surface area contributed by atoms with Crippen molar-refractivity contribution in [3.05, 3.63) is 29.1 Å². The average molecular weight is 176 g/mol. The number of aryl methyl sites for hydroxylation is 1. The summed E-state index contributed by atoms with van der Waals surface area (Å²) in [5, 5.41) is 8.52. The maximum Gasteiger partial charge on any atom is 0.339 e. The first-order valence-electron chi connectivity index (χ1n) is 3.64. The summed E-state index contributed by atoms with van der Waals surface area (Å²) in [6.07, 6.45) is 1.35. The van der Waals surface area contributed by atoms with Crippen molar-refractivity contribution in [2.24, 2.45) is 0 Å². The third kappa shape index (κ3) is 1.82. The minimum absolute atomic E-state index is 0.296. The molecule has 66 valence electrons. The normalized spacial score (nSPS) is 9.00. The van der Waals surface area contributed by atoms with Gasteiger partial charge in [0.15, 0.2) is 0 Å². The van der Waals surface area contributed by atoms with Gasteiger partial charge in [0.05, 0.1) is 12.7 Å². The molecule has 0 aromatic carbocycles. The molecular formula is C9H8N2O2. The van der Waals surface area contributed by atoms with Crippen LogP contribution in [0.4, 0.5) is 0 Å². The van der Waals surface area contributed by atoms with E-state index < -0.39 is 5.97 Å². The largest absolute Gasteiger partial charge is 0.465 e. The van der Waals surface area contributed by atoms with Crippen LogP contribution in [-0.2, 0) is 4.74 Å². The number of hydrogen-bond donors (Lipinski definition) is 0. The van der Waals surface area contributed by atoms with Gasteiger partial charge in [0.2, 0.25) is 0 Å². The molecule has 0 radical (unpaired) electrons. The van der Waals surface area contributed by atoms with Gasteiger partial charge >= 0.3 is 5.97 Å². The van der Waals surface area contributed by atoms with E-state index >= 15 is 0 Å². The van der Waals surface area contributed by atoms with E-state index in [4.69, 9.17) is 5.26 Å². The fraction of sp³-hybridized carbons (Fsp3) is 0.222. The first kappa shape index (κ1) is 9.20. The number of nitrogens with zero attached hydrogens (tertiary/aromatic N) is 2. The van der Waals surface area contributed by atoms with Gasteiger partial charge in [-0.15, -0.1) is 0 Å². The maximum absolute atomic E-state index is 11.1. The quantitative estimate of drug-likeness (QED) is 0.600. The molecule has 1 aromatic rings. The lowest BCUT2D eigenvalue weighted by molar-refractivity contribution is 0.0599. The Morgan fingerprint density at radius 3 is 2.85 bits per heavy atom. The topological polar surface area (TPSA) is 63.0 Å². The second-order valence-electron chi connectivity index (χ2n) is 2.49. The summed E-state index contributed by atoms with van der Waals surface area (Å²) in [5.41, 5.74) is 1.38. The number of rotatable bonds is 1. The number of hydrogen-bond acceptors (Lipinski definition) is 4. The van der Waals surface area contributed by atoms with E-state index in [0.29, 0.717) is 16.8 Å². The van der Waals surface area contributed by atoms with Gasteiger partial charge in [-0.25, -0.2) is 9.78 Å². The predicted molar refractivity (Wildman–Crippen MR) is 45.0 cm³/mol. The maximum atomic E-state index is 11.1. The molecule has 1 heterocycles. The van der Waals surface area contributed by atoms with E-state index in [1.54, 1.807) is 13.0 Å². The molecule has 0 aliphatic carbocycles. The van der Waals surface area contributed by atoms with Gasteiger partial charge in [0, 0.05) is 6.20 Å². The lowest BCUT2D eigenvalue weighted by Crippen LogP contribution is -2.04. The third-order valence-corrected chi connectivity index (χ3v) is 1.63. The van der Waals surface area contributed by atoms with E-state index in [-0.39, 0.29) is 0 Å². The Balaban J connectivity index is 3.14. The van der Waals surface area contributed by atoms with Crippen molar-refractivity contribution in [3.63, 3.8) is 0 Å². The summed E-state index contributed by atoms with van der Waals surface area (Å²) in [6.45, 7) is 1.73. The molecule has 1 aromatic heterocycles. The van der Waals surface area contributed by atoms with Crippen molar-refractivity contribution in [2.45, 2.75) is 6.92 Å². The number of methoxy groups -OCH3 is 1. The van der Waals surface area contributed by atoms with Gasteiger partial charge in [-0.3, -0.25) is 0 Å². The monoisotopic (exact) mass is 176 g/mol. The van der Waals surface area contributed by atoms with E-state index in [1.807, 2.05) is 6.07 Å². The molecule has 13 heavy (non-hydrogen) atoms. The molecule has 0 fully saturated rings. The summed E-state index contributed by atoms with van der Waals surface area (Å²) < 4.78 is 4.53. The summed E-state index contributed by atoms with van der Waals surface area (Å²) >= 11 is 0. The molecule has 0 aliphatic heterocycles. The first-order valence-corrected chi connectivity index (χ1v) is 3.64. The number of nitriles is 1. The van der Waals surface area contributed by atoms with E-state index in [2.05, 4.69) is 9.72 Å². The van der Waals surface area contributed by atoms with Gasteiger partial charge in [-0.2, -0.15) is 5.26 Å². The number of pyridine rings is 1. The molecule has 0 aliphatic rings. The lowest BCUT2D eigenvalue weighted by Gasteiger charge is -2.01. The minimum atomic E-state index is -0.436. The van der Waals surface area contributed by atoms with Crippen molar-refractivity contribution < 1.29 is 9.53 Å². The highest BCUT2D eigenvalue weighted by molar-refractivity contribution is 5.90. The van der Waals surface area contributed by atoms with Crippen molar-refractivity contribution in [3.8, 4) is 6.07 Å². The number of carbonyl (C=O) groups excluding carboxylic acids is 1. The Kier molecular flexibility index (Phi) is 2.60. The van der Waals surface area contributed by atoms with Crippen LogP contribution >= 0.6 is 0 Å². The Morgan fingerprint density at radius 2 is 2.38 bits per heavy atom. The molecule has 0 saturated heterocycles. The van der Waals surface area contributed by atoms with Gasteiger partial charge in [0.1, 0.15) is 11.8 Å². The van der Waals surface area contributed by atoms with Gasteiger partial charge in [-0.1, -0.05) is 0 Å². The van der Waals surface area contributed by atoms with E-state index in [9.17, 15) is 4.79 Å². The Labute approximate surface area is 75.8 Å². The van der Waals surface area contributed by atoms with E-state index in [0.717, 1.165) is 0 Å². The molecule has 0 saturated carbocycles. The fourth-order valence-corrected chi connectivity index (χ4v) is 0.941. The summed E-state index contributed by atoms with van der Waals surface area (Å²) in [5.74, 6) is -0.436. The third-order valence-electron chi connectivity index (χ3n) is 1.63. The van der Waals surface area contributed by atoms with Crippen LogP contribution in [0.2, 0.25) is 0 Å². The van der Waals surface area contributed by atoms with Crippen molar-refractivity contribution in [1.82, 2.24) is 4.98 Å². The molecule has 4 heteroatoms. The summed E-state index contributed by atoms with van der Waals surface area (Å²) in [4.78, 5) is 14.9. The molecule has 0 amide bonds. The van der Waals surface area contributed by atoms with Crippen molar-refractivity contribution >= 4 is 5.97 Å². The zero-order chi connectivity index (χ0) is 9.84. The molecule has 0 unspecified atom stereocenters. The van der Waals surface area contributed by atoms with Crippen LogP contribution in [0.1, 0.15) is 21.6 Å². The Morgan fingerprint density at radius 1 is 1.69 bits per heavy atom. The molecule has 1 rings (SSSR count). The van der Waals surface area contributed by atoms with Crippen LogP contribution in [0.25, 0.3) is 0 Å². The first-order chi connectivity index (χ1) is 6.19. The van der Waals surface area contributed by atoms with Crippen molar-refractivity contribution in [2.75, 3.05) is 7.11 Å². The van der Waals surface area contributed by atoms with E-state index in [1.165, 1.54) is 13.3 Å². The summed E-state index contributed by atoms with van der Waals surface area (Å²) in [6, 6.07) is 3.44. The number of aromatic nitrogens is 1. The number of esters is 1. The van der Waals surface area contributed by atoms with Gasteiger partial charge in [0.25, 0.3) is 0 Å². The second-order valence-corrected chi connectivity index (χ2v) is 2.49. The lowest BCUT2D eigenvalue weighted by atomic mass is 10.1. The summed E-state index contributed by atoms with van der Waals surface area (Å²) in [7, 11) is 1.31. The molecular weight excluding hydrogens is 168 g/mol. The molecule has 0 spiro atoms. The van der Waals surface area contributed by atoms with Crippen LogP contribution in [-0.4, -0.2) is 18.1 Å². The highest BCUT2D eigenvalue weighted by Gasteiger charge is 2.09. The highest BCUT2D eigenvalue weighted by Crippen LogP contribution is 2.08. The standard InChI is InChI=1S/C9H8N2O2/c1-6-3-7(4-10)11-5-8(6)9(12)13-2/h3,5H,1-2H3. The molecule has 0 atom stereocenters. The van der Waals surface area contributed by atoms with Crippen molar-refractivity contribution in [1.29, 1.82) is 5.26 Å². The van der Waals surface area contributed by atoms with Crippen LogP contribution in [0.3, 0.4) is 0 Å². The number of ether oxygens (including phenoxy) is 1. The van der Waals surface area contributed by atoms with Gasteiger partial charge in [-0.05, 0) is 18.6 Å². The SMILES string of the molecule is COC(=O)c1cnc(C#N)cc1C. The van der Waals surface area contributed by atoms with Crippen LogP contribution < -0.4 is 0 Å². The zero-order valence-electron chi connectivity index (χ0n) is 7.37. The fourth-order valence-electron chi connectivity index (χ4n) is 0.941. The average Bonchev–Trinajstić information content (AvgIpc) is 2.16. The number of carbonyl (C=O) groups is 1. The van der Waals surface area contributed by atoms with Gasteiger partial charge < -0.3 is 4.74 Å². The molecule has 0 N–H and O–H groups in total. The molecule has 4 nitrogen and oxygen atoms in total. The Hall–Kier alpha value is -1.89. The van der Waals surface area contributed by atoms with Crippen LogP contribution in [0.5, 0.6) is 0 Å². The highest BCUT2D eigenvalue weighted by atomic mass is 16.5. The molecule has 0 bridgehead atoms. The minimum Gasteiger partial charge on any atom is -0.465 e. The predicted octanol–water partition coefficient (Wildman–Crippen LogP) is 1.05. The van der Waals surface area contributed by atoms with Crippen LogP contribution in [0.15, 0.2) is 12.3 Å². The second kappa shape index (κ2) is 3.68. The zero-order valence-corrected chi connectivity index (χ0v) is 7.37. The smallest absolute Gasteiger partial charge is 0.339 e. The Bertz CT molecular complexity index is 380.